The van der Waals surface area contributed by atoms with Crippen LogP contribution in [0.4, 0.5) is 74.6 Å². The number of halogens is 18. The van der Waals surface area contributed by atoms with Crippen LogP contribution in [0.1, 0.15) is 32.3 Å². The van der Waals surface area contributed by atoms with Gasteiger partial charge in [0.05, 0.1) is 10.6 Å². The monoisotopic (exact) mass is 674 g/mol. The van der Waals surface area contributed by atoms with Crippen LogP contribution in [0.3, 0.4) is 0 Å². The molecule has 0 N–H and O–H groups in total. The van der Waals surface area contributed by atoms with Crippen molar-refractivity contribution in [3.8, 4) is 5.75 Å². The first kappa shape index (κ1) is 35.3. The highest BCUT2D eigenvalue weighted by Crippen LogP contribution is 2.64. The molecule has 1 aromatic carbocycles. The van der Waals surface area contributed by atoms with E-state index in [9.17, 15) is 74.6 Å². The maximum atomic E-state index is 14.0. The zero-order valence-electron chi connectivity index (χ0n) is 19.1. The molecular formula is C20H16BrF17O. The fraction of sp³-hybridized carbons (Fsp3) is 0.700. The number of hydrogen-bond acceptors (Lipinski definition) is 1. The SMILES string of the molecule is CC(C)Oc1ccc(CCCC(F)(F)C(F)(F)C(F)(F)C(F)(F)C(F)(F)C(F)(F)C(F)(F)C(F)(F)F)cc1Br. The van der Waals surface area contributed by atoms with Gasteiger partial charge in [0.1, 0.15) is 5.75 Å². The average Bonchev–Trinajstić information content (AvgIpc) is 2.73. The van der Waals surface area contributed by atoms with Gasteiger partial charge in [-0.25, -0.2) is 0 Å². The van der Waals surface area contributed by atoms with E-state index in [0.29, 0.717) is 0 Å². The van der Waals surface area contributed by atoms with Gasteiger partial charge >= 0.3 is 47.6 Å². The zero-order valence-corrected chi connectivity index (χ0v) is 20.7. The lowest BCUT2D eigenvalue weighted by Crippen LogP contribution is -2.74. The van der Waals surface area contributed by atoms with Gasteiger partial charge in [0.25, 0.3) is 0 Å². The van der Waals surface area contributed by atoms with Crippen molar-refractivity contribution in [3.05, 3.63) is 28.2 Å². The first-order chi connectivity index (χ1) is 17.0. The van der Waals surface area contributed by atoms with Crippen molar-refractivity contribution < 1.29 is 79.4 Å². The van der Waals surface area contributed by atoms with Crippen molar-refractivity contribution in [2.45, 2.75) is 86.8 Å². The molecule has 0 aliphatic carbocycles. The quantitative estimate of drug-likeness (QED) is 0.201. The normalized spacial score (nSPS) is 15.2. The van der Waals surface area contributed by atoms with Crippen LogP contribution >= 0.6 is 15.9 Å². The van der Waals surface area contributed by atoms with E-state index in [-0.39, 0.29) is 21.9 Å². The molecule has 0 spiro atoms. The Hall–Kier alpha value is -1.69. The summed E-state index contributed by atoms with van der Waals surface area (Å²) in [7, 11) is 0. The molecule has 1 aromatic rings. The lowest BCUT2D eigenvalue weighted by molar-refractivity contribution is -0.461. The molecule has 0 saturated heterocycles. The van der Waals surface area contributed by atoms with E-state index < -0.39 is 66.9 Å². The van der Waals surface area contributed by atoms with Gasteiger partial charge in [0, 0.05) is 6.42 Å². The lowest BCUT2D eigenvalue weighted by atomic mass is 9.87. The minimum atomic E-state index is -8.62. The molecule has 0 bridgehead atoms. The summed E-state index contributed by atoms with van der Waals surface area (Å²) in [5, 5.41) is 0. The molecule has 0 unspecified atom stereocenters. The van der Waals surface area contributed by atoms with E-state index in [1.807, 2.05) is 0 Å². The van der Waals surface area contributed by atoms with Crippen molar-refractivity contribution >= 4 is 15.9 Å². The Kier molecular flexibility index (Phi) is 9.62. The average molecular weight is 675 g/mol. The zero-order chi connectivity index (χ0) is 31.3. The van der Waals surface area contributed by atoms with Crippen molar-refractivity contribution in [1.82, 2.24) is 0 Å². The predicted octanol–water partition coefficient (Wildman–Crippen LogP) is 9.57. The highest BCUT2D eigenvalue weighted by molar-refractivity contribution is 9.10. The number of alkyl halides is 17. The predicted molar refractivity (Wildman–Crippen MR) is 104 cm³/mol. The molecule has 0 atom stereocenters. The van der Waals surface area contributed by atoms with Crippen molar-refractivity contribution in [1.29, 1.82) is 0 Å². The number of hydrogen-bond donors (Lipinski definition) is 0. The van der Waals surface area contributed by atoms with Crippen LogP contribution in [0.25, 0.3) is 0 Å². The fourth-order valence-electron chi connectivity index (χ4n) is 2.92. The molecule has 0 heterocycles. The highest BCUT2D eigenvalue weighted by atomic mass is 79.9. The Morgan fingerprint density at radius 2 is 1.05 bits per heavy atom. The van der Waals surface area contributed by atoms with E-state index in [1.165, 1.54) is 18.2 Å². The second kappa shape index (κ2) is 10.6. The van der Waals surface area contributed by atoms with E-state index in [2.05, 4.69) is 15.9 Å². The molecule has 0 saturated carbocycles. The first-order valence-electron chi connectivity index (χ1n) is 10.2. The molecule has 0 fully saturated rings. The molecule has 0 aliphatic rings. The van der Waals surface area contributed by atoms with E-state index in [4.69, 9.17) is 4.74 Å². The van der Waals surface area contributed by atoms with Crippen LogP contribution in [-0.4, -0.2) is 53.7 Å². The van der Waals surface area contributed by atoms with Crippen LogP contribution < -0.4 is 4.74 Å². The minimum absolute atomic E-state index is 0.0507. The minimum Gasteiger partial charge on any atom is -0.490 e. The summed E-state index contributed by atoms with van der Waals surface area (Å²) < 4.78 is 231. The van der Waals surface area contributed by atoms with Crippen LogP contribution in [-0.2, 0) is 6.42 Å². The van der Waals surface area contributed by atoms with Gasteiger partial charge in [-0.15, -0.1) is 0 Å². The summed E-state index contributed by atoms with van der Waals surface area (Å²) in [6.45, 7) is 3.25. The summed E-state index contributed by atoms with van der Waals surface area (Å²) in [6, 6.07) is 3.64. The Morgan fingerprint density at radius 3 is 1.44 bits per heavy atom. The Bertz CT molecular complexity index is 1000. The maximum absolute atomic E-state index is 14.0. The smallest absolute Gasteiger partial charge is 0.460 e. The van der Waals surface area contributed by atoms with Crippen LogP contribution in [0.2, 0.25) is 0 Å². The van der Waals surface area contributed by atoms with Crippen molar-refractivity contribution in [2.75, 3.05) is 0 Å². The van der Waals surface area contributed by atoms with E-state index in [0.717, 1.165) is 0 Å². The topological polar surface area (TPSA) is 9.23 Å². The summed E-state index contributed by atoms with van der Waals surface area (Å²) >= 11 is 3.02. The molecule has 19 heteroatoms. The molecule has 39 heavy (non-hydrogen) atoms. The van der Waals surface area contributed by atoms with Crippen LogP contribution in [0.15, 0.2) is 22.7 Å². The number of aryl methyl sites for hydroxylation is 1. The van der Waals surface area contributed by atoms with Gasteiger partial charge in [-0.1, -0.05) is 6.07 Å². The Morgan fingerprint density at radius 1 is 0.641 bits per heavy atom. The van der Waals surface area contributed by atoms with Crippen molar-refractivity contribution in [2.24, 2.45) is 0 Å². The number of ether oxygens (including phenoxy) is 1. The molecule has 228 valence electrons. The van der Waals surface area contributed by atoms with Gasteiger partial charge in [0.15, 0.2) is 0 Å². The second-order valence-electron chi connectivity index (χ2n) is 8.43. The number of benzene rings is 1. The summed E-state index contributed by atoms with van der Waals surface area (Å²) in [5.74, 6) is -55.9. The molecule has 0 aromatic heterocycles. The largest absolute Gasteiger partial charge is 0.490 e. The van der Waals surface area contributed by atoms with Gasteiger partial charge in [-0.05, 0) is 60.3 Å². The Balaban J connectivity index is 3.27. The van der Waals surface area contributed by atoms with Crippen molar-refractivity contribution in [3.63, 3.8) is 0 Å². The molecule has 0 radical (unpaired) electrons. The third-order valence-corrected chi connectivity index (χ3v) is 5.72. The third-order valence-electron chi connectivity index (χ3n) is 5.10. The lowest BCUT2D eigenvalue weighted by Gasteiger charge is -2.42. The summed E-state index contributed by atoms with van der Waals surface area (Å²) in [6.07, 6.45) is -12.5. The second-order valence-corrected chi connectivity index (χ2v) is 9.29. The van der Waals surface area contributed by atoms with E-state index in [1.54, 1.807) is 13.8 Å². The molecular weight excluding hydrogens is 659 g/mol. The standard InChI is InChI=1S/C20H16BrF17O/c1-9(2)39-12-6-5-10(8-11(12)21)4-3-7-13(22,23)14(24,25)15(26,27)16(28,29)17(30,31)18(32,33)19(34,35)20(36,37)38/h5-6,8-9H,3-4,7H2,1-2H3. The summed E-state index contributed by atoms with van der Waals surface area (Å²) in [4.78, 5) is 0. The first-order valence-corrected chi connectivity index (χ1v) is 11.0. The van der Waals surface area contributed by atoms with Gasteiger partial charge in [-0.2, -0.15) is 74.6 Å². The summed E-state index contributed by atoms with van der Waals surface area (Å²) in [5.41, 5.74) is 0.0507. The van der Waals surface area contributed by atoms with Gasteiger partial charge < -0.3 is 4.74 Å². The van der Waals surface area contributed by atoms with E-state index >= 15 is 0 Å². The van der Waals surface area contributed by atoms with Gasteiger partial charge in [-0.3, -0.25) is 0 Å². The third kappa shape index (κ3) is 5.87. The fourth-order valence-corrected chi connectivity index (χ4v) is 3.44. The Labute approximate surface area is 216 Å². The number of rotatable bonds is 12. The molecule has 1 nitrogen and oxygen atoms in total. The highest BCUT2D eigenvalue weighted by Gasteiger charge is 2.95. The maximum Gasteiger partial charge on any atom is 0.460 e. The molecule has 1 rings (SSSR count). The molecule has 0 aliphatic heterocycles. The van der Waals surface area contributed by atoms with Crippen LogP contribution in [0, 0.1) is 0 Å². The molecule has 0 amide bonds. The van der Waals surface area contributed by atoms with Crippen LogP contribution in [0.5, 0.6) is 5.75 Å². The van der Waals surface area contributed by atoms with Gasteiger partial charge in [0.2, 0.25) is 0 Å².